The first kappa shape index (κ1) is 18.2. The molecule has 0 bridgehead atoms. The molecule has 0 aliphatic heterocycles. The van der Waals surface area contributed by atoms with Gasteiger partial charge < -0.3 is 9.64 Å². The van der Waals surface area contributed by atoms with Gasteiger partial charge in [0.05, 0.1) is 11.0 Å². The van der Waals surface area contributed by atoms with Crippen LogP contribution in [-0.4, -0.2) is 30.7 Å². The van der Waals surface area contributed by atoms with Crippen LogP contribution in [-0.2, 0) is 4.74 Å². The van der Waals surface area contributed by atoms with Gasteiger partial charge in [-0.2, -0.15) is 0 Å². The number of hydrogen-bond acceptors (Lipinski definition) is 4. The predicted molar refractivity (Wildman–Crippen MR) is 96.0 cm³/mol. The summed E-state index contributed by atoms with van der Waals surface area (Å²) in [7, 11) is 1.76. The van der Waals surface area contributed by atoms with E-state index in [2.05, 4.69) is 34.7 Å². The number of hydrogen-bond donors (Lipinski definition) is 0. The average Bonchev–Trinajstić information content (AvgIpc) is 2.52. The zero-order chi connectivity index (χ0) is 17.0. The van der Waals surface area contributed by atoms with Gasteiger partial charge >= 0.3 is 0 Å². The van der Waals surface area contributed by atoms with Crippen LogP contribution in [0, 0.1) is 16.0 Å². The van der Waals surface area contributed by atoms with Crippen molar-refractivity contribution in [3.63, 3.8) is 0 Å². The van der Waals surface area contributed by atoms with Crippen LogP contribution in [0.2, 0.25) is 0 Å². The summed E-state index contributed by atoms with van der Waals surface area (Å²) in [5.74, 6) is 0.443. The van der Waals surface area contributed by atoms with Crippen LogP contribution in [0.4, 0.5) is 11.4 Å². The number of nitrogens with zero attached hydrogens (tertiary/aromatic N) is 2. The van der Waals surface area contributed by atoms with Crippen molar-refractivity contribution in [2.24, 2.45) is 5.92 Å². The van der Waals surface area contributed by atoms with E-state index in [4.69, 9.17) is 4.74 Å². The maximum Gasteiger partial charge on any atom is 0.293 e. The molecule has 23 heavy (non-hydrogen) atoms. The molecule has 1 aliphatic rings. The van der Waals surface area contributed by atoms with Crippen molar-refractivity contribution in [3.05, 3.63) is 32.8 Å². The topological polar surface area (TPSA) is 55.6 Å². The summed E-state index contributed by atoms with van der Waals surface area (Å²) in [5, 5.41) is 11.5. The number of anilines is 1. The Labute approximate surface area is 146 Å². The second kappa shape index (κ2) is 8.11. The quantitative estimate of drug-likeness (QED) is 0.523. The first-order valence-electron chi connectivity index (χ1n) is 8.15. The minimum atomic E-state index is -0.284. The van der Waals surface area contributed by atoms with Gasteiger partial charge in [-0.1, -0.05) is 29.8 Å². The molecule has 5 nitrogen and oxygen atoms in total. The second-order valence-corrected chi connectivity index (χ2v) is 7.52. The lowest BCUT2D eigenvalue weighted by Gasteiger charge is -2.38. The van der Waals surface area contributed by atoms with Crippen LogP contribution in [0.25, 0.3) is 0 Å². The van der Waals surface area contributed by atoms with E-state index in [0.29, 0.717) is 18.1 Å². The molecule has 1 saturated carbocycles. The number of methoxy groups -OCH3 is 1. The molecule has 0 heterocycles. The number of nitro benzene ring substituents is 1. The first-order valence-corrected chi connectivity index (χ1v) is 8.95. The largest absolute Gasteiger partial charge is 0.381 e. The standard InChI is InChI=1S/C17H25BrN2O3/c1-12(2)11-19(14-5-7-15(23-3)8-6-14)16-9-4-13(18)10-17(16)20(21)22/h4,9-10,12,14-15H,5-8,11H2,1-3H3/t14-,15+. The van der Waals surface area contributed by atoms with Gasteiger partial charge in [-0.3, -0.25) is 10.1 Å². The van der Waals surface area contributed by atoms with E-state index in [9.17, 15) is 10.1 Å². The summed E-state index contributed by atoms with van der Waals surface area (Å²) in [6.07, 6.45) is 4.38. The number of benzene rings is 1. The van der Waals surface area contributed by atoms with Crippen LogP contribution in [0.3, 0.4) is 0 Å². The van der Waals surface area contributed by atoms with E-state index < -0.39 is 0 Å². The lowest BCUT2D eigenvalue weighted by Crippen LogP contribution is -2.41. The van der Waals surface area contributed by atoms with Crippen molar-refractivity contribution in [1.82, 2.24) is 0 Å². The number of nitro groups is 1. The molecule has 0 N–H and O–H groups in total. The Morgan fingerprint density at radius 2 is 2.00 bits per heavy atom. The lowest BCUT2D eigenvalue weighted by atomic mass is 9.90. The molecule has 0 radical (unpaired) electrons. The van der Waals surface area contributed by atoms with E-state index >= 15 is 0 Å². The van der Waals surface area contributed by atoms with Gasteiger partial charge in [0.25, 0.3) is 5.69 Å². The second-order valence-electron chi connectivity index (χ2n) is 6.60. The fraction of sp³-hybridized carbons (Fsp3) is 0.647. The molecule has 0 atom stereocenters. The Hall–Kier alpha value is -1.14. The first-order chi connectivity index (χ1) is 10.9. The SMILES string of the molecule is CO[C@H]1CC[C@@H](N(CC(C)C)c2ccc(Br)cc2[N+](=O)[O-])CC1. The van der Waals surface area contributed by atoms with Gasteiger partial charge in [0.15, 0.2) is 0 Å². The van der Waals surface area contributed by atoms with E-state index in [1.807, 2.05) is 12.1 Å². The summed E-state index contributed by atoms with van der Waals surface area (Å²) < 4.78 is 6.19. The molecule has 128 valence electrons. The molecular weight excluding hydrogens is 360 g/mol. The Morgan fingerprint density at radius 1 is 1.35 bits per heavy atom. The fourth-order valence-corrected chi connectivity index (χ4v) is 3.66. The van der Waals surface area contributed by atoms with Gasteiger partial charge in [0.2, 0.25) is 0 Å². The van der Waals surface area contributed by atoms with Crippen LogP contribution in [0.15, 0.2) is 22.7 Å². The normalized spacial score (nSPS) is 21.4. The lowest BCUT2D eigenvalue weighted by molar-refractivity contribution is -0.384. The molecule has 0 amide bonds. The van der Waals surface area contributed by atoms with Crippen molar-refractivity contribution < 1.29 is 9.66 Å². The summed E-state index contributed by atoms with van der Waals surface area (Å²) in [4.78, 5) is 13.4. The van der Waals surface area contributed by atoms with Crippen LogP contribution < -0.4 is 4.90 Å². The zero-order valence-electron chi connectivity index (χ0n) is 14.0. The average molecular weight is 385 g/mol. The number of rotatable bonds is 6. The molecule has 0 unspecified atom stereocenters. The number of halogens is 1. The van der Waals surface area contributed by atoms with Gasteiger partial charge in [0.1, 0.15) is 5.69 Å². The van der Waals surface area contributed by atoms with E-state index in [-0.39, 0.29) is 10.6 Å². The van der Waals surface area contributed by atoms with Crippen LogP contribution in [0.5, 0.6) is 0 Å². The Bertz CT molecular complexity index is 543. The van der Waals surface area contributed by atoms with Gasteiger partial charge in [-0.05, 0) is 43.7 Å². The van der Waals surface area contributed by atoms with Gasteiger partial charge in [-0.25, -0.2) is 0 Å². The maximum absolute atomic E-state index is 11.5. The van der Waals surface area contributed by atoms with Crippen molar-refractivity contribution in [1.29, 1.82) is 0 Å². The van der Waals surface area contributed by atoms with Crippen molar-refractivity contribution >= 4 is 27.3 Å². The molecule has 1 fully saturated rings. The van der Waals surface area contributed by atoms with Crippen molar-refractivity contribution in [2.75, 3.05) is 18.6 Å². The third-order valence-corrected chi connectivity index (χ3v) is 4.92. The third-order valence-electron chi connectivity index (χ3n) is 4.42. The zero-order valence-corrected chi connectivity index (χ0v) is 15.6. The third kappa shape index (κ3) is 4.67. The Balaban J connectivity index is 2.30. The molecule has 2 rings (SSSR count). The van der Waals surface area contributed by atoms with Crippen LogP contribution >= 0.6 is 15.9 Å². The smallest absolute Gasteiger partial charge is 0.293 e. The van der Waals surface area contributed by atoms with E-state index in [0.717, 1.165) is 42.4 Å². The molecule has 0 saturated heterocycles. The highest BCUT2D eigenvalue weighted by Crippen LogP contribution is 2.36. The Kier molecular flexibility index (Phi) is 6.41. The minimum Gasteiger partial charge on any atom is -0.381 e. The predicted octanol–water partition coefficient (Wildman–Crippen LogP) is 4.78. The molecule has 1 aliphatic carbocycles. The monoisotopic (exact) mass is 384 g/mol. The number of ether oxygens (including phenoxy) is 1. The van der Waals surface area contributed by atoms with Crippen molar-refractivity contribution in [2.45, 2.75) is 51.7 Å². The fourth-order valence-electron chi connectivity index (χ4n) is 3.32. The molecule has 1 aromatic carbocycles. The highest BCUT2D eigenvalue weighted by atomic mass is 79.9. The highest BCUT2D eigenvalue weighted by molar-refractivity contribution is 9.10. The molecule has 0 aromatic heterocycles. The summed E-state index contributed by atoms with van der Waals surface area (Å²) in [5.41, 5.74) is 0.904. The molecular formula is C17H25BrN2O3. The highest BCUT2D eigenvalue weighted by Gasteiger charge is 2.30. The van der Waals surface area contributed by atoms with E-state index in [1.54, 1.807) is 13.2 Å². The van der Waals surface area contributed by atoms with E-state index in [1.165, 1.54) is 0 Å². The molecule has 1 aromatic rings. The van der Waals surface area contributed by atoms with Crippen molar-refractivity contribution in [3.8, 4) is 0 Å². The maximum atomic E-state index is 11.5. The minimum absolute atomic E-state index is 0.175. The molecule has 0 spiro atoms. The van der Waals surface area contributed by atoms with Gasteiger partial charge in [0, 0.05) is 30.2 Å². The molecule has 6 heteroatoms. The summed E-state index contributed by atoms with van der Waals surface area (Å²) in [6.45, 7) is 5.13. The Morgan fingerprint density at radius 3 is 2.52 bits per heavy atom. The summed E-state index contributed by atoms with van der Waals surface area (Å²) in [6, 6.07) is 5.69. The summed E-state index contributed by atoms with van der Waals surface area (Å²) >= 11 is 3.34. The van der Waals surface area contributed by atoms with Gasteiger partial charge in [-0.15, -0.1) is 0 Å². The van der Waals surface area contributed by atoms with Crippen LogP contribution in [0.1, 0.15) is 39.5 Å².